The summed E-state index contributed by atoms with van der Waals surface area (Å²) in [6, 6.07) is 2.15. The molecule has 0 bridgehead atoms. The van der Waals surface area contributed by atoms with Crippen LogP contribution in [-0.4, -0.2) is 29.1 Å². The summed E-state index contributed by atoms with van der Waals surface area (Å²) in [5.74, 6) is -1.83. The van der Waals surface area contributed by atoms with Crippen LogP contribution in [0.2, 0.25) is 0 Å². The third-order valence-corrected chi connectivity index (χ3v) is 2.62. The fourth-order valence-corrected chi connectivity index (χ4v) is 1.66. The molecule has 1 unspecified atom stereocenters. The number of halogens is 1. The van der Waals surface area contributed by atoms with E-state index in [-0.39, 0.29) is 5.69 Å². The van der Waals surface area contributed by atoms with Crippen molar-refractivity contribution in [1.82, 2.24) is 0 Å². The van der Waals surface area contributed by atoms with Crippen molar-refractivity contribution in [2.24, 2.45) is 0 Å². The second kappa shape index (κ2) is 5.44. The van der Waals surface area contributed by atoms with Crippen molar-refractivity contribution in [3.05, 3.63) is 34.1 Å². The molecular weight excluding hydrogens is 243 g/mol. The van der Waals surface area contributed by atoms with Gasteiger partial charge in [0.2, 0.25) is 0 Å². The maximum atomic E-state index is 13.2. The van der Waals surface area contributed by atoms with Crippen LogP contribution in [0.1, 0.15) is 13.3 Å². The number of non-ortho nitro benzene ring substituents is 1. The van der Waals surface area contributed by atoms with Crippen LogP contribution >= 0.6 is 0 Å². The Kier molecular flexibility index (Phi) is 4.19. The fourth-order valence-electron chi connectivity index (χ4n) is 1.66. The van der Waals surface area contributed by atoms with Crippen molar-refractivity contribution < 1.29 is 19.2 Å². The molecule has 0 amide bonds. The predicted molar refractivity (Wildman–Crippen MR) is 63.2 cm³/mol. The zero-order valence-electron chi connectivity index (χ0n) is 9.96. The number of hydrogen-bond donors (Lipinski definition) is 1. The number of nitro groups is 1. The fraction of sp³-hybridized carbons (Fsp3) is 0.364. The molecule has 6 nitrogen and oxygen atoms in total. The van der Waals surface area contributed by atoms with Gasteiger partial charge in [-0.25, -0.2) is 9.18 Å². The molecule has 1 N–H and O–H groups in total. The third kappa shape index (κ3) is 2.93. The number of rotatable bonds is 5. The van der Waals surface area contributed by atoms with E-state index in [1.54, 1.807) is 6.92 Å². The van der Waals surface area contributed by atoms with Crippen molar-refractivity contribution in [2.75, 3.05) is 11.9 Å². The monoisotopic (exact) mass is 256 g/mol. The molecule has 0 saturated carbocycles. The summed E-state index contributed by atoms with van der Waals surface area (Å²) < 4.78 is 13.2. The summed E-state index contributed by atoms with van der Waals surface area (Å²) in [6.07, 6.45) is 0.302. The largest absolute Gasteiger partial charge is 0.480 e. The first-order valence-electron chi connectivity index (χ1n) is 5.27. The van der Waals surface area contributed by atoms with Crippen LogP contribution in [0.15, 0.2) is 18.2 Å². The van der Waals surface area contributed by atoms with Gasteiger partial charge >= 0.3 is 5.97 Å². The molecular formula is C11H13FN2O4. The second-order valence-electron chi connectivity index (χ2n) is 3.80. The number of likely N-dealkylation sites (N-methyl/N-ethyl adjacent to an activating group) is 1. The van der Waals surface area contributed by atoms with E-state index in [4.69, 9.17) is 5.11 Å². The van der Waals surface area contributed by atoms with Gasteiger partial charge in [-0.15, -0.1) is 0 Å². The van der Waals surface area contributed by atoms with Gasteiger partial charge in [-0.3, -0.25) is 10.1 Å². The SMILES string of the molecule is CCC(C(=O)O)N(C)c1cc(F)cc([N+](=O)[O-])c1. The van der Waals surface area contributed by atoms with Gasteiger partial charge < -0.3 is 10.0 Å². The number of nitro benzene ring substituents is 1. The van der Waals surface area contributed by atoms with Gasteiger partial charge in [0.25, 0.3) is 5.69 Å². The van der Waals surface area contributed by atoms with E-state index in [0.29, 0.717) is 6.42 Å². The molecule has 0 radical (unpaired) electrons. The van der Waals surface area contributed by atoms with Crippen molar-refractivity contribution in [2.45, 2.75) is 19.4 Å². The van der Waals surface area contributed by atoms with Crippen LogP contribution in [0.25, 0.3) is 0 Å². The molecule has 1 aromatic rings. The topological polar surface area (TPSA) is 83.7 Å². The molecule has 1 aromatic carbocycles. The van der Waals surface area contributed by atoms with Gasteiger partial charge in [0.05, 0.1) is 11.0 Å². The molecule has 0 aliphatic rings. The zero-order valence-corrected chi connectivity index (χ0v) is 9.96. The normalized spacial score (nSPS) is 11.9. The molecule has 1 atom stereocenters. The second-order valence-corrected chi connectivity index (χ2v) is 3.80. The molecule has 18 heavy (non-hydrogen) atoms. The van der Waals surface area contributed by atoms with Gasteiger partial charge in [0.15, 0.2) is 0 Å². The molecule has 0 aromatic heterocycles. The Bertz CT molecular complexity index is 478. The number of aliphatic carboxylic acids is 1. The van der Waals surface area contributed by atoms with Crippen LogP contribution in [0.3, 0.4) is 0 Å². The van der Waals surface area contributed by atoms with Crippen molar-refractivity contribution in [3.8, 4) is 0 Å². The summed E-state index contributed by atoms with van der Waals surface area (Å²) in [5, 5.41) is 19.6. The molecule has 98 valence electrons. The lowest BCUT2D eigenvalue weighted by molar-refractivity contribution is -0.385. The number of hydrogen-bond acceptors (Lipinski definition) is 4. The highest BCUT2D eigenvalue weighted by atomic mass is 19.1. The highest BCUT2D eigenvalue weighted by Gasteiger charge is 2.22. The summed E-state index contributed by atoms with van der Waals surface area (Å²) in [7, 11) is 1.46. The Hall–Kier alpha value is -2.18. The Morgan fingerprint density at radius 2 is 2.17 bits per heavy atom. The Morgan fingerprint density at radius 1 is 1.56 bits per heavy atom. The Labute approximate surface area is 103 Å². The lowest BCUT2D eigenvalue weighted by atomic mass is 10.1. The number of carboxylic acids is 1. The first-order chi connectivity index (χ1) is 8.36. The summed E-state index contributed by atoms with van der Waals surface area (Å²) in [6.45, 7) is 1.67. The molecule has 7 heteroatoms. The van der Waals surface area contributed by atoms with E-state index in [2.05, 4.69) is 0 Å². The van der Waals surface area contributed by atoms with E-state index in [1.807, 2.05) is 0 Å². The number of benzene rings is 1. The van der Waals surface area contributed by atoms with Gasteiger partial charge in [0, 0.05) is 18.8 Å². The van der Waals surface area contributed by atoms with Crippen LogP contribution in [0.5, 0.6) is 0 Å². The van der Waals surface area contributed by atoms with Crippen molar-refractivity contribution >= 4 is 17.3 Å². The predicted octanol–water partition coefficient (Wildman–Crippen LogP) is 2.03. The highest BCUT2D eigenvalue weighted by molar-refractivity contribution is 5.78. The van der Waals surface area contributed by atoms with Gasteiger partial charge in [-0.1, -0.05) is 6.92 Å². The minimum atomic E-state index is -1.06. The molecule has 0 fully saturated rings. The minimum absolute atomic E-state index is 0.163. The summed E-state index contributed by atoms with van der Waals surface area (Å²) in [5.41, 5.74) is -0.243. The molecule has 0 aliphatic heterocycles. The zero-order chi connectivity index (χ0) is 13.9. The standard InChI is InChI=1S/C11H13FN2O4/c1-3-10(11(15)16)13(2)8-4-7(12)5-9(6-8)14(17)18/h4-6,10H,3H2,1-2H3,(H,15,16). The molecule has 0 aliphatic carbocycles. The first-order valence-corrected chi connectivity index (χ1v) is 5.27. The summed E-state index contributed by atoms with van der Waals surface area (Å²) in [4.78, 5) is 22.2. The van der Waals surface area contributed by atoms with Gasteiger partial charge in [-0.05, 0) is 12.5 Å². The van der Waals surface area contributed by atoms with E-state index < -0.39 is 28.4 Å². The van der Waals surface area contributed by atoms with Crippen LogP contribution in [0.4, 0.5) is 15.8 Å². The molecule has 1 rings (SSSR count). The number of carboxylic acid groups (broad SMARTS) is 1. The van der Waals surface area contributed by atoms with E-state index >= 15 is 0 Å². The highest BCUT2D eigenvalue weighted by Crippen LogP contribution is 2.24. The van der Waals surface area contributed by atoms with Gasteiger partial charge in [-0.2, -0.15) is 0 Å². The van der Waals surface area contributed by atoms with Crippen LogP contribution < -0.4 is 4.90 Å². The average molecular weight is 256 g/mol. The smallest absolute Gasteiger partial charge is 0.326 e. The maximum absolute atomic E-state index is 13.2. The quantitative estimate of drug-likeness (QED) is 0.643. The van der Waals surface area contributed by atoms with Crippen molar-refractivity contribution in [3.63, 3.8) is 0 Å². The van der Waals surface area contributed by atoms with Gasteiger partial charge in [0.1, 0.15) is 11.9 Å². The minimum Gasteiger partial charge on any atom is -0.480 e. The number of nitrogens with zero attached hydrogens (tertiary/aromatic N) is 2. The lowest BCUT2D eigenvalue weighted by Crippen LogP contribution is -2.38. The average Bonchev–Trinajstić information content (AvgIpc) is 2.28. The van der Waals surface area contributed by atoms with E-state index in [1.165, 1.54) is 11.9 Å². The van der Waals surface area contributed by atoms with Crippen LogP contribution in [-0.2, 0) is 4.79 Å². The Morgan fingerprint density at radius 3 is 2.61 bits per heavy atom. The summed E-state index contributed by atoms with van der Waals surface area (Å²) >= 11 is 0. The molecule has 0 saturated heterocycles. The third-order valence-electron chi connectivity index (χ3n) is 2.62. The number of anilines is 1. The van der Waals surface area contributed by atoms with Crippen LogP contribution in [0, 0.1) is 15.9 Å². The lowest BCUT2D eigenvalue weighted by Gasteiger charge is -2.25. The first kappa shape index (κ1) is 13.9. The van der Waals surface area contributed by atoms with Crippen molar-refractivity contribution in [1.29, 1.82) is 0 Å². The Balaban J connectivity index is 3.16. The number of carbonyl (C=O) groups is 1. The van der Waals surface area contributed by atoms with E-state index in [0.717, 1.165) is 18.2 Å². The molecule has 0 spiro atoms. The van der Waals surface area contributed by atoms with E-state index in [9.17, 15) is 19.3 Å². The molecule has 0 heterocycles. The maximum Gasteiger partial charge on any atom is 0.326 e.